The summed E-state index contributed by atoms with van der Waals surface area (Å²) >= 11 is 0. The maximum absolute atomic E-state index is 4.74. The molecule has 3 rings (SSSR count). The van der Waals surface area contributed by atoms with Crippen molar-refractivity contribution in [2.24, 2.45) is 0 Å². The lowest BCUT2D eigenvalue weighted by Crippen LogP contribution is -2.39. The van der Waals surface area contributed by atoms with E-state index in [9.17, 15) is 0 Å². The van der Waals surface area contributed by atoms with Gasteiger partial charge < -0.3 is 14.8 Å². The monoisotopic (exact) mass is 290 g/mol. The average molecular weight is 290 g/mol. The molecule has 118 valence electrons. The third-order valence-electron chi connectivity index (χ3n) is 5.03. The van der Waals surface area contributed by atoms with Crippen LogP contribution in [0.15, 0.2) is 6.20 Å². The fourth-order valence-electron chi connectivity index (χ4n) is 3.88. The summed E-state index contributed by atoms with van der Waals surface area (Å²) in [7, 11) is 0. The van der Waals surface area contributed by atoms with Crippen molar-refractivity contribution in [1.82, 2.24) is 14.5 Å². The molecule has 0 amide bonds. The molecule has 0 radical (unpaired) electrons. The van der Waals surface area contributed by atoms with E-state index >= 15 is 0 Å². The molecule has 2 heterocycles. The standard InChI is InChI=1S/C17H30N4/c1-3-10-20-11-8-15(9-12-20)19-17-18-14(2)13-21(17)16-6-4-5-7-16/h13,15-16H,3-12H2,1-2H3,(H,18,19). The van der Waals surface area contributed by atoms with Crippen molar-refractivity contribution in [3.63, 3.8) is 0 Å². The molecule has 2 aliphatic rings. The van der Waals surface area contributed by atoms with E-state index in [1.807, 2.05) is 0 Å². The van der Waals surface area contributed by atoms with E-state index < -0.39 is 0 Å². The highest BCUT2D eigenvalue weighted by Crippen LogP contribution is 2.32. The third-order valence-corrected chi connectivity index (χ3v) is 5.03. The van der Waals surface area contributed by atoms with Gasteiger partial charge >= 0.3 is 0 Å². The predicted molar refractivity (Wildman–Crippen MR) is 87.8 cm³/mol. The molecule has 0 aromatic carbocycles. The number of likely N-dealkylation sites (tertiary alicyclic amines) is 1. The fraction of sp³-hybridized carbons (Fsp3) is 0.824. The van der Waals surface area contributed by atoms with E-state index in [0.717, 1.165) is 11.6 Å². The van der Waals surface area contributed by atoms with Crippen molar-refractivity contribution in [1.29, 1.82) is 0 Å². The van der Waals surface area contributed by atoms with Crippen molar-refractivity contribution in [3.8, 4) is 0 Å². The van der Waals surface area contributed by atoms with Gasteiger partial charge in [0.2, 0.25) is 5.95 Å². The van der Waals surface area contributed by atoms with Crippen LogP contribution in [0.4, 0.5) is 5.95 Å². The van der Waals surface area contributed by atoms with Gasteiger partial charge in [-0.2, -0.15) is 0 Å². The Balaban J connectivity index is 1.60. The molecule has 1 aromatic heterocycles. The van der Waals surface area contributed by atoms with Crippen LogP contribution in [0, 0.1) is 6.92 Å². The lowest BCUT2D eigenvalue weighted by molar-refractivity contribution is 0.219. The van der Waals surface area contributed by atoms with Gasteiger partial charge in [-0.25, -0.2) is 4.98 Å². The normalized spacial score (nSPS) is 22.0. The van der Waals surface area contributed by atoms with Crippen LogP contribution in [-0.2, 0) is 0 Å². The number of imidazole rings is 1. The van der Waals surface area contributed by atoms with Gasteiger partial charge in [0, 0.05) is 31.4 Å². The third kappa shape index (κ3) is 3.60. The SMILES string of the molecule is CCCN1CCC(Nc2nc(C)cn2C2CCCC2)CC1. The van der Waals surface area contributed by atoms with Crippen LogP contribution in [0.5, 0.6) is 0 Å². The Bertz CT molecular complexity index is 440. The largest absolute Gasteiger partial charge is 0.353 e. The number of aromatic nitrogens is 2. The van der Waals surface area contributed by atoms with Crippen LogP contribution in [-0.4, -0.2) is 40.1 Å². The molecule has 0 atom stereocenters. The van der Waals surface area contributed by atoms with Gasteiger partial charge in [0.05, 0.1) is 5.69 Å². The van der Waals surface area contributed by atoms with E-state index in [1.165, 1.54) is 64.6 Å². The lowest BCUT2D eigenvalue weighted by Gasteiger charge is -2.32. The first kappa shape index (κ1) is 14.9. The van der Waals surface area contributed by atoms with Crippen LogP contribution in [0.2, 0.25) is 0 Å². The minimum Gasteiger partial charge on any atom is -0.353 e. The summed E-state index contributed by atoms with van der Waals surface area (Å²) < 4.78 is 2.42. The van der Waals surface area contributed by atoms with Crippen molar-refractivity contribution in [2.45, 2.75) is 70.9 Å². The number of nitrogens with one attached hydrogen (secondary N) is 1. The summed E-state index contributed by atoms with van der Waals surface area (Å²) in [6, 6.07) is 1.27. The quantitative estimate of drug-likeness (QED) is 0.899. The molecule has 1 saturated heterocycles. The molecular formula is C17H30N4. The van der Waals surface area contributed by atoms with Crippen LogP contribution in [0.25, 0.3) is 0 Å². The van der Waals surface area contributed by atoms with Gasteiger partial charge in [-0.3, -0.25) is 0 Å². The molecule has 1 aromatic rings. The molecule has 4 heteroatoms. The van der Waals surface area contributed by atoms with Crippen LogP contribution >= 0.6 is 0 Å². The van der Waals surface area contributed by atoms with E-state index in [2.05, 4.69) is 34.8 Å². The molecule has 0 spiro atoms. The van der Waals surface area contributed by atoms with Crippen molar-refractivity contribution >= 4 is 5.95 Å². The Hall–Kier alpha value is -1.03. The number of hydrogen-bond acceptors (Lipinski definition) is 3. The molecule has 1 aliphatic heterocycles. The van der Waals surface area contributed by atoms with E-state index in [0.29, 0.717) is 12.1 Å². The van der Waals surface area contributed by atoms with Gasteiger partial charge in [-0.05, 0) is 45.6 Å². The molecule has 0 bridgehead atoms. The van der Waals surface area contributed by atoms with E-state index in [4.69, 9.17) is 4.98 Å². The van der Waals surface area contributed by atoms with E-state index in [1.54, 1.807) is 0 Å². The van der Waals surface area contributed by atoms with Crippen LogP contribution in [0.1, 0.15) is 63.6 Å². The molecule has 2 fully saturated rings. The van der Waals surface area contributed by atoms with Crippen LogP contribution in [0.3, 0.4) is 0 Å². The first-order chi connectivity index (χ1) is 10.3. The first-order valence-corrected chi connectivity index (χ1v) is 8.80. The average Bonchev–Trinajstić information content (AvgIpc) is 3.11. The van der Waals surface area contributed by atoms with Gasteiger partial charge in [0.25, 0.3) is 0 Å². The Kier molecular flexibility index (Phi) is 4.84. The topological polar surface area (TPSA) is 33.1 Å². The molecule has 0 unspecified atom stereocenters. The second kappa shape index (κ2) is 6.82. The lowest BCUT2D eigenvalue weighted by atomic mass is 10.1. The summed E-state index contributed by atoms with van der Waals surface area (Å²) in [5.41, 5.74) is 1.15. The zero-order valence-corrected chi connectivity index (χ0v) is 13.6. The molecule has 1 aliphatic carbocycles. The summed E-state index contributed by atoms with van der Waals surface area (Å²) in [6.45, 7) is 8.10. The highest BCUT2D eigenvalue weighted by atomic mass is 15.2. The summed E-state index contributed by atoms with van der Waals surface area (Å²) in [4.78, 5) is 7.33. The number of piperidine rings is 1. The molecule has 21 heavy (non-hydrogen) atoms. The van der Waals surface area contributed by atoms with Crippen molar-refractivity contribution < 1.29 is 0 Å². The molecular weight excluding hydrogens is 260 g/mol. The number of rotatable bonds is 5. The molecule has 4 nitrogen and oxygen atoms in total. The molecule has 1 saturated carbocycles. The Labute approximate surface area is 128 Å². The Morgan fingerprint density at radius 2 is 1.90 bits per heavy atom. The maximum Gasteiger partial charge on any atom is 0.203 e. The zero-order chi connectivity index (χ0) is 14.7. The van der Waals surface area contributed by atoms with Gasteiger partial charge in [0.15, 0.2) is 0 Å². The summed E-state index contributed by atoms with van der Waals surface area (Å²) in [6.07, 6.45) is 11.4. The zero-order valence-electron chi connectivity index (χ0n) is 13.6. The Morgan fingerprint density at radius 1 is 1.19 bits per heavy atom. The van der Waals surface area contributed by atoms with Crippen molar-refractivity contribution in [2.75, 3.05) is 25.0 Å². The summed E-state index contributed by atoms with van der Waals surface area (Å²) in [5, 5.41) is 3.74. The van der Waals surface area contributed by atoms with E-state index in [-0.39, 0.29) is 0 Å². The smallest absolute Gasteiger partial charge is 0.203 e. The van der Waals surface area contributed by atoms with Gasteiger partial charge in [0.1, 0.15) is 0 Å². The van der Waals surface area contributed by atoms with Crippen LogP contribution < -0.4 is 5.32 Å². The predicted octanol–water partition coefficient (Wildman–Crippen LogP) is 3.59. The number of nitrogens with zero attached hydrogens (tertiary/aromatic N) is 3. The highest BCUT2D eigenvalue weighted by molar-refractivity contribution is 5.31. The minimum absolute atomic E-state index is 0.597. The number of aryl methyl sites for hydroxylation is 1. The van der Waals surface area contributed by atoms with Crippen molar-refractivity contribution in [3.05, 3.63) is 11.9 Å². The minimum atomic E-state index is 0.597. The number of anilines is 1. The maximum atomic E-state index is 4.74. The highest BCUT2D eigenvalue weighted by Gasteiger charge is 2.23. The van der Waals surface area contributed by atoms with Gasteiger partial charge in [-0.1, -0.05) is 19.8 Å². The second-order valence-electron chi connectivity index (χ2n) is 6.81. The second-order valence-corrected chi connectivity index (χ2v) is 6.81. The fourth-order valence-corrected chi connectivity index (χ4v) is 3.88. The first-order valence-electron chi connectivity index (χ1n) is 8.80. The Morgan fingerprint density at radius 3 is 2.57 bits per heavy atom. The molecule has 1 N–H and O–H groups in total. The summed E-state index contributed by atoms with van der Waals surface area (Å²) in [5.74, 6) is 1.12. The van der Waals surface area contributed by atoms with Gasteiger partial charge in [-0.15, -0.1) is 0 Å². The number of hydrogen-bond donors (Lipinski definition) is 1.